The van der Waals surface area contributed by atoms with E-state index >= 15 is 0 Å². The summed E-state index contributed by atoms with van der Waals surface area (Å²) in [4.78, 5) is 15.0. The topological polar surface area (TPSA) is 38.8 Å². The molecule has 1 saturated heterocycles. The molecule has 113 valence electrons. The van der Waals surface area contributed by atoms with Crippen molar-refractivity contribution < 1.29 is 14.3 Å². The number of ether oxygens (including phenoxy) is 2. The van der Waals surface area contributed by atoms with Crippen LogP contribution in [-0.2, 0) is 0 Å². The maximum absolute atomic E-state index is 12.6. The summed E-state index contributed by atoms with van der Waals surface area (Å²) < 4.78 is 10.6. The average molecular weight is 288 g/mol. The Balaban J connectivity index is 1.61. The number of hydrogen-bond donors (Lipinski definition) is 0. The average Bonchev–Trinajstić information content (AvgIpc) is 2.94. The van der Waals surface area contributed by atoms with Gasteiger partial charge in [-0.05, 0) is 50.0 Å². The Morgan fingerprint density at radius 2 is 1.90 bits per heavy atom. The van der Waals surface area contributed by atoms with Crippen molar-refractivity contribution in [2.24, 2.45) is 5.92 Å². The van der Waals surface area contributed by atoms with Crippen LogP contribution in [0.15, 0.2) is 18.2 Å². The molecule has 0 unspecified atom stereocenters. The number of Topliss-reactive ketones (excluding diaryl/α,β-unsaturated/α-hetero) is 1. The third-order valence-corrected chi connectivity index (χ3v) is 4.16. The lowest BCUT2D eigenvalue weighted by Gasteiger charge is -2.32. The van der Waals surface area contributed by atoms with Crippen molar-refractivity contribution in [3.63, 3.8) is 0 Å². The van der Waals surface area contributed by atoms with Crippen molar-refractivity contribution in [3.8, 4) is 11.5 Å². The van der Waals surface area contributed by atoms with Gasteiger partial charge in [-0.1, -0.05) is 13.8 Å². The molecule has 1 fully saturated rings. The Labute approximate surface area is 126 Å². The number of ketones is 1. The van der Waals surface area contributed by atoms with Crippen molar-refractivity contribution in [1.82, 2.24) is 4.90 Å². The number of piperidine rings is 1. The Bertz CT molecular complexity index is 519. The molecule has 4 nitrogen and oxygen atoms in total. The number of fused-ring (bicyclic) bond motifs is 1. The van der Waals surface area contributed by atoms with Crippen LogP contribution in [0.25, 0.3) is 0 Å². The van der Waals surface area contributed by atoms with Crippen LogP contribution < -0.4 is 9.47 Å². The molecule has 4 heteroatoms. The van der Waals surface area contributed by atoms with Crippen molar-refractivity contribution >= 4 is 5.78 Å². The molecule has 0 atom stereocenters. The number of carbonyl (C=O) groups excluding carboxylic acids is 1. The second kappa shape index (κ2) is 6.06. The summed E-state index contributed by atoms with van der Waals surface area (Å²) in [5.74, 6) is 3.23. The molecule has 0 bridgehead atoms. The van der Waals surface area contributed by atoms with Crippen molar-refractivity contribution in [2.75, 3.05) is 26.4 Å². The van der Waals surface area contributed by atoms with E-state index in [4.69, 9.17) is 9.47 Å². The van der Waals surface area contributed by atoms with E-state index in [9.17, 15) is 4.79 Å². The highest BCUT2D eigenvalue weighted by Gasteiger charge is 2.27. The summed E-state index contributed by atoms with van der Waals surface area (Å²) >= 11 is 0. The minimum Gasteiger partial charge on any atom is -0.454 e. The quantitative estimate of drug-likeness (QED) is 0.799. The van der Waals surface area contributed by atoms with E-state index in [0.717, 1.165) is 43.8 Å². The molecule has 2 heterocycles. The molecule has 0 aromatic heterocycles. The van der Waals surface area contributed by atoms with Gasteiger partial charge in [0, 0.05) is 18.0 Å². The van der Waals surface area contributed by atoms with Crippen LogP contribution in [0.5, 0.6) is 11.5 Å². The molecule has 0 aliphatic carbocycles. The first-order chi connectivity index (χ1) is 10.1. The van der Waals surface area contributed by atoms with Crippen LogP contribution in [-0.4, -0.2) is 37.1 Å². The standard InChI is InChI=1S/C17H22NO3/c1-12(2)10-18-7-5-13(6-8-18)17(19)14-3-4-15-16(9-14)21-11-20-15/h3-4,9,13H,5-8,10-11H2,1-2H3. The third-order valence-electron chi connectivity index (χ3n) is 4.16. The largest absolute Gasteiger partial charge is 0.454 e. The fraction of sp³-hybridized carbons (Fsp3) is 0.529. The van der Waals surface area contributed by atoms with E-state index in [0.29, 0.717) is 5.75 Å². The van der Waals surface area contributed by atoms with E-state index in [2.05, 4.69) is 18.7 Å². The molecular weight excluding hydrogens is 266 g/mol. The van der Waals surface area contributed by atoms with E-state index in [-0.39, 0.29) is 18.5 Å². The summed E-state index contributed by atoms with van der Waals surface area (Å²) in [7, 11) is 0. The number of benzene rings is 1. The van der Waals surface area contributed by atoms with Crippen molar-refractivity contribution in [1.29, 1.82) is 0 Å². The second-order valence-electron chi connectivity index (χ2n) is 6.19. The monoisotopic (exact) mass is 288 g/mol. The first-order valence-corrected chi connectivity index (χ1v) is 7.59. The zero-order chi connectivity index (χ0) is 14.8. The highest BCUT2D eigenvalue weighted by Crippen LogP contribution is 2.34. The molecule has 1 aromatic carbocycles. The highest BCUT2D eigenvalue weighted by atomic mass is 16.7. The minimum absolute atomic E-state index is 0.138. The molecule has 1 radical (unpaired) electrons. The van der Waals surface area contributed by atoms with Gasteiger partial charge in [-0.25, -0.2) is 0 Å². The Morgan fingerprint density at radius 3 is 2.62 bits per heavy atom. The fourth-order valence-corrected chi connectivity index (χ4v) is 3.09. The summed E-state index contributed by atoms with van der Waals surface area (Å²) in [5, 5.41) is 0. The molecule has 0 saturated carbocycles. The predicted octanol–water partition coefficient (Wildman–Crippen LogP) is 2.92. The van der Waals surface area contributed by atoms with Gasteiger partial charge >= 0.3 is 0 Å². The van der Waals surface area contributed by atoms with E-state index < -0.39 is 0 Å². The smallest absolute Gasteiger partial charge is 0.231 e. The van der Waals surface area contributed by atoms with Crippen molar-refractivity contribution in [3.05, 3.63) is 29.7 Å². The van der Waals surface area contributed by atoms with E-state index in [1.807, 2.05) is 18.2 Å². The van der Waals surface area contributed by atoms with Crippen LogP contribution in [0.2, 0.25) is 0 Å². The van der Waals surface area contributed by atoms with Gasteiger partial charge in [0.2, 0.25) is 6.79 Å². The van der Waals surface area contributed by atoms with Gasteiger partial charge in [-0.15, -0.1) is 0 Å². The Hall–Kier alpha value is -1.55. The number of nitrogens with zero attached hydrogens (tertiary/aromatic N) is 1. The van der Waals surface area contributed by atoms with Gasteiger partial charge in [0.05, 0.1) is 0 Å². The normalized spacial score (nSPS) is 19.2. The number of likely N-dealkylation sites (tertiary alicyclic amines) is 1. The molecular formula is C17H22NO3. The summed E-state index contributed by atoms with van der Waals surface area (Å²) in [6.07, 6.45) is 1.89. The number of hydrogen-bond acceptors (Lipinski definition) is 4. The second-order valence-corrected chi connectivity index (χ2v) is 6.19. The van der Waals surface area contributed by atoms with Gasteiger partial charge < -0.3 is 14.4 Å². The fourth-order valence-electron chi connectivity index (χ4n) is 3.09. The van der Waals surface area contributed by atoms with Gasteiger partial charge in [0.15, 0.2) is 17.3 Å². The van der Waals surface area contributed by atoms with Gasteiger partial charge in [-0.3, -0.25) is 4.79 Å². The van der Waals surface area contributed by atoms with Crippen LogP contribution in [0.3, 0.4) is 0 Å². The van der Waals surface area contributed by atoms with Crippen molar-refractivity contribution in [2.45, 2.75) is 26.7 Å². The molecule has 2 aliphatic heterocycles. The first kappa shape index (κ1) is 14.4. The predicted molar refractivity (Wildman–Crippen MR) is 80.7 cm³/mol. The zero-order valence-electron chi connectivity index (χ0n) is 12.7. The Morgan fingerprint density at radius 1 is 1.19 bits per heavy atom. The number of rotatable bonds is 4. The summed E-state index contributed by atoms with van der Waals surface area (Å²) in [6, 6.07) is 5.51. The maximum atomic E-state index is 12.6. The van der Waals surface area contributed by atoms with Gasteiger partial charge in [0.25, 0.3) is 0 Å². The maximum Gasteiger partial charge on any atom is 0.231 e. The summed E-state index contributed by atoms with van der Waals surface area (Å²) in [5.41, 5.74) is 0.746. The minimum atomic E-state index is 0.138. The van der Waals surface area contributed by atoms with E-state index in [1.165, 1.54) is 5.92 Å². The molecule has 1 aromatic rings. The molecule has 2 aliphatic rings. The lowest BCUT2D eigenvalue weighted by atomic mass is 9.88. The van der Waals surface area contributed by atoms with Crippen LogP contribution in [0.1, 0.15) is 37.0 Å². The van der Waals surface area contributed by atoms with Gasteiger partial charge in [-0.2, -0.15) is 0 Å². The Kier molecular flexibility index (Phi) is 4.15. The SMILES string of the molecule is C[C](C)CN1CCC(C(=O)c2ccc3c(c2)OCO3)CC1. The summed E-state index contributed by atoms with van der Waals surface area (Å²) in [6.45, 7) is 7.62. The van der Waals surface area contributed by atoms with E-state index in [1.54, 1.807) is 0 Å². The number of carbonyl (C=O) groups is 1. The molecule has 0 amide bonds. The molecule has 3 rings (SSSR count). The van der Waals surface area contributed by atoms with Gasteiger partial charge in [0.1, 0.15) is 0 Å². The highest BCUT2D eigenvalue weighted by molar-refractivity contribution is 5.98. The van der Waals surface area contributed by atoms with Crippen LogP contribution >= 0.6 is 0 Å². The van der Waals surface area contributed by atoms with Crippen LogP contribution in [0.4, 0.5) is 0 Å². The zero-order valence-corrected chi connectivity index (χ0v) is 12.7. The third kappa shape index (κ3) is 3.21. The lowest BCUT2D eigenvalue weighted by Crippen LogP contribution is -2.37. The molecule has 0 N–H and O–H groups in total. The lowest BCUT2D eigenvalue weighted by molar-refractivity contribution is 0.0843. The van der Waals surface area contributed by atoms with Crippen LogP contribution in [0, 0.1) is 11.8 Å². The first-order valence-electron chi connectivity index (χ1n) is 7.59. The molecule has 0 spiro atoms. The molecule has 21 heavy (non-hydrogen) atoms.